The van der Waals surface area contributed by atoms with E-state index in [1.807, 2.05) is 38.1 Å². The molecule has 3 heterocycles. The molecule has 1 aromatic heterocycles. The van der Waals surface area contributed by atoms with Crippen molar-refractivity contribution in [2.24, 2.45) is 0 Å². The highest BCUT2D eigenvalue weighted by molar-refractivity contribution is 7.89. The molecule has 0 bridgehead atoms. The largest absolute Gasteiger partial charge is 0.492 e. The monoisotopic (exact) mass is 475 g/mol. The zero-order chi connectivity index (χ0) is 23.4. The summed E-state index contributed by atoms with van der Waals surface area (Å²) in [5, 5.41) is 4.19. The summed E-state index contributed by atoms with van der Waals surface area (Å²) in [6.45, 7) is 7.92. The van der Waals surface area contributed by atoms with Crippen LogP contribution in [-0.4, -0.2) is 79.2 Å². The molecule has 0 saturated carbocycles. The number of carbonyl (C=O) groups is 1. The number of carbonyl (C=O) groups excluding carboxylic acids is 1. The van der Waals surface area contributed by atoms with Crippen LogP contribution >= 0.6 is 0 Å². The van der Waals surface area contributed by atoms with Crippen molar-refractivity contribution in [3.63, 3.8) is 0 Å². The average Bonchev–Trinajstić information content (AvgIpc) is 3.30. The summed E-state index contributed by atoms with van der Waals surface area (Å²) in [5.74, 6) is 0.560. The molecule has 2 aliphatic heterocycles. The molecule has 1 aromatic carbocycles. The standard InChI is InChI=1S/C23H33N5O4S/c1-3-27-18-19(23(29)26-12-8-5-9-13-26)22(24-27)33(30,31)28-16-14-25(15-17-28)20-10-6-7-11-21(20)32-4-2/h6-7,10-11,18H,3-5,8-9,12-17H2,1-2H3. The van der Waals surface area contributed by atoms with E-state index in [9.17, 15) is 13.2 Å². The van der Waals surface area contributed by atoms with Crippen LogP contribution in [0.5, 0.6) is 5.75 Å². The Morgan fingerprint density at radius 2 is 1.70 bits per heavy atom. The van der Waals surface area contributed by atoms with Crippen LogP contribution in [0.2, 0.25) is 0 Å². The molecule has 0 atom stereocenters. The zero-order valence-electron chi connectivity index (χ0n) is 19.4. The lowest BCUT2D eigenvalue weighted by molar-refractivity contribution is 0.0720. The molecule has 2 aromatic rings. The molecule has 33 heavy (non-hydrogen) atoms. The molecule has 2 saturated heterocycles. The van der Waals surface area contributed by atoms with Crippen LogP contribution < -0.4 is 9.64 Å². The van der Waals surface area contributed by atoms with Gasteiger partial charge in [0.2, 0.25) is 5.03 Å². The number of aromatic nitrogens is 2. The van der Waals surface area contributed by atoms with Crippen LogP contribution in [0.25, 0.3) is 0 Å². The van der Waals surface area contributed by atoms with Crippen LogP contribution in [0.4, 0.5) is 5.69 Å². The second-order valence-corrected chi connectivity index (χ2v) is 10.2. The Morgan fingerprint density at radius 3 is 2.36 bits per heavy atom. The van der Waals surface area contributed by atoms with E-state index in [2.05, 4.69) is 10.00 Å². The van der Waals surface area contributed by atoms with Gasteiger partial charge in [0, 0.05) is 52.0 Å². The Hall–Kier alpha value is -2.59. The lowest BCUT2D eigenvalue weighted by Crippen LogP contribution is -2.49. The van der Waals surface area contributed by atoms with Gasteiger partial charge >= 0.3 is 0 Å². The number of ether oxygens (including phenoxy) is 1. The van der Waals surface area contributed by atoms with Gasteiger partial charge in [-0.2, -0.15) is 9.40 Å². The summed E-state index contributed by atoms with van der Waals surface area (Å²) in [6.07, 6.45) is 4.57. The highest BCUT2D eigenvalue weighted by atomic mass is 32.2. The molecule has 10 heteroatoms. The number of rotatable bonds is 7. The Labute approximate surface area is 196 Å². The van der Waals surface area contributed by atoms with Crippen LogP contribution in [0.1, 0.15) is 43.5 Å². The maximum Gasteiger partial charge on any atom is 0.263 e. The first kappa shape index (κ1) is 23.6. The fourth-order valence-corrected chi connectivity index (χ4v) is 5.97. The molecule has 0 radical (unpaired) electrons. The molecule has 0 N–H and O–H groups in total. The van der Waals surface area contributed by atoms with Gasteiger partial charge in [-0.1, -0.05) is 12.1 Å². The number of sulfonamides is 1. The van der Waals surface area contributed by atoms with Crippen molar-refractivity contribution >= 4 is 21.6 Å². The van der Waals surface area contributed by atoms with Gasteiger partial charge in [0.15, 0.2) is 0 Å². The summed E-state index contributed by atoms with van der Waals surface area (Å²) in [5.41, 5.74) is 1.15. The first-order chi connectivity index (χ1) is 16.0. The summed E-state index contributed by atoms with van der Waals surface area (Å²) < 4.78 is 35.9. The van der Waals surface area contributed by atoms with Crippen LogP contribution in [-0.2, 0) is 16.6 Å². The molecule has 9 nitrogen and oxygen atoms in total. The summed E-state index contributed by atoms with van der Waals surface area (Å²) >= 11 is 0. The minimum atomic E-state index is -3.90. The first-order valence-corrected chi connectivity index (χ1v) is 13.2. The minimum absolute atomic E-state index is 0.122. The van der Waals surface area contributed by atoms with Gasteiger partial charge in [-0.05, 0) is 45.2 Å². The van der Waals surface area contributed by atoms with E-state index >= 15 is 0 Å². The number of amides is 1. The molecular formula is C23H33N5O4S. The number of aryl methyl sites for hydroxylation is 1. The van der Waals surface area contributed by atoms with E-state index in [1.165, 1.54) is 4.31 Å². The maximum atomic E-state index is 13.6. The number of likely N-dealkylation sites (tertiary alicyclic amines) is 1. The molecule has 0 unspecified atom stereocenters. The quantitative estimate of drug-likeness (QED) is 0.611. The highest BCUT2D eigenvalue weighted by Crippen LogP contribution is 2.30. The first-order valence-electron chi connectivity index (χ1n) is 11.8. The summed E-state index contributed by atoms with van der Waals surface area (Å²) in [6, 6.07) is 7.81. The van der Waals surface area contributed by atoms with Gasteiger partial charge in [-0.15, -0.1) is 0 Å². The average molecular weight is 476 g/mol. The van der Waals surface area contributed by atoms with Gasteiger partial charge in [0.05, 0.1) is 17.9 Å². The minimum Gasteiger partial charge on any atom is -0.492 e. The van der Waals surface area contributed by atoms with Crippen molar-refractivity contribution in [3.05, 3.63) is 36.0 Å². The van der Waals surface area contributed by atoms with Crippen molar-refractivity contribution in [3.8, 4) is 5.75 Å². The molecule has 2 aliphatic rings. The van der Waals surface area contributed by atoms with E-state index in [4.69, 9.17) is 4.74 Å². The van der Waals surface area contributed by atoms with Gasteiger partial charge in [-0.25, -0.2) is 8.42 Å². The van der Waals surface area contributed by atoms with Crippen LogP contribution in [0.15, 0.2) is 35.5 Å². The van der Waals surface area contributed by atoms with Gasteiger partial charge in [0.25, 0.3) is 15.9 Å². The van der Waals surface area contributed by atoms with E-state index in [0.717, 1.165) is 30.7 Å². The molecular weight excluding hydrogens is 442 g/mol. The predicted molar refractivity (Wildman–Crippen MR) is 126 cm³/mol. The van der Waals surface area contributed by atoms with Gasteiger partial charge in [-0.3, -0.25) is 9.48 Å². The number of piperazine rings is 1. The fourth-order valence-electron chi connectivity index (χ4n) is 4.46. The molecule has 2 fully saturated rings. The third-order valence-corrected chi connectivity index (χ3v) is 8.09. The fraction of sp³-hybridized carbons (Fsp3) is 0.565. The third-order valence-electron chi connectivity index (χ3n) is 6.25. The number of anilines is 1. The number of hydrogen-bond donors (Lipinski definition) is 0. The van der Waals surface area contributed by atoms with Crippen molar-refractivity contribution in [1.29, 1.82) is 0 Å². The van der Waals surface area contributed by atoms with Crippen molar-refractivity contribution in [2.75, 3.05) is 50.8 Å². The van der Waals surface area contributed by atoms with Crippen molar-refractivity contribution in [2.45, 2.75) is 44.7 Å². The summed E-state index contributed by atoms with van der Waals surface area (Å²) in [4.78, 5) is 17.1. The lowest BCUT2D eigenvalue weighted by Gasteiger charge is -2.35. The second-order valence-electron chi connectivity index (χ2n) is 8.35. The maximum absolute atomic E-state index is 13.6. The molecule has 0 spiro atoms. The molecule has 1 amide bonds. The number of benzene rings is 1. The topological polar surface area (TPSA) is 88.0 Å². The number of hydrogen-bond acceptors (Lipinski definition) is 6. The predicted octanol–water partition coefficient (Wildman–Crippen LogP) is 2.44. The van der Waals surface area contributed by atoms with Gasteiger partial charge < -0.3 is 14.5 Å². The third kappa shape index (κ3) is 4.86. The van der Waals surface area contributed by atoms with E-state index in [-0.39, 0.29) is 16.5 Å². The van der Waals surface area contributed by atoms with Crippen LogP contribution in [0.3, 0.4) is 0 Å². The normalized spacial score (nSPS) is 17.9. The highest BCUT2D eigenvalue weighted by Gasteiger charge is 2.36. The Kier molecular flexibility index (Phi) is 7.23. The molecule has 0 aliphatic carbocycles. The second kappa shape index (κ2) is 10.1. The SMILES string of the molecule is CCOc1ccccc1N1CCN(S(=O)(=O)c2nn(CC)cc2C(=O)N2CCCCC2)CC1. The van der Waals surface area contributed by atoms with E-state index < -0.39 is 10.0 Å². The molecule has 180 valence electrons. The Morgan fingerprint density at radius 1 is 1.00 bits per heavy atom. The number of nitrogens with zero attached hydrogens (tertiary/aromatic N) is 5. The zero-order valence-corrected chi connectivity index (χ0v) is 20.3. The van der Waals surface area contributed by atoms with Crippen LogP contribution in [0, 0.1) is 0 Å². The summed E-state index contributed by atoms with van der Waals surface area (Å²) in [7, 11) is -3.90. The number of para-hydroxylation sites is 2. The van der Waals surface area contributed by atoms with E-state index in [0.29, 0.717) is 52.4 Å². The lowest BCUT2D eigenvalue weighted by atomic mass is 10.1. The van der Waals surface area contributed by atoms with Crippen molar-refractivity contribution < 1.29 is 17.9 Å². The van der Waals surface area contributed by atoms with E-state index in [1.54, 1.807) is 15.8 Å². The van der Waals surface area contributed by atoms with Gasteiger partial charge in [0.1, 0.15) is 5.75 Å². The Bertz CT molecular complexity index is 1070. The van der Waals surface area contributed by atoms with Crippen molar-refractivity contribution in [1.82, 2.24) is 19.0 Å². The molecule has 4 rings (SSSR count). The number of piperidine rings is 1. The smallest absolute Gasteiger partial charge is 0.263 e. The Balaban J connectivity index is 1.54.